The molecule has 1 N–H and O–H groups in total. The topological polar surface area (TPSA) is 59.9 Å². The zero-order valence-corrected chi connectivity index (χ0v) is 12.6. The lowest BCUT2D eigenvalue weighted by atomic mass is 10.1. The van der Waals surface area contributed by atoms with Gasteiger partial charge in [0, 0.05) is 24.3 Å². The van der Waals surface area contributed by atoms with E-state index in [0.717, 1.165) is 37.2 Å². The van der Waals surface area contributed by atoms with Gasteiger partial charge in [-0.25, -0.2) is 4.98 Å². The minimum absolute atomic E-state index is 0.121. The molecule has 5 heteroatoms. The normalized spacial score (nSPS) is 12.1. The van der Waals surface area contributed by atoms with Crippen LogP contribution in [-0.2, 0) is 6.42 Å². The maximum Gasteiger partial charge on any atom is 0.236 e. The van der Waals surface area contributed by atoms with Gasteiger partial charge in [-0.15, -0.1) is 0 Å². The predicted octanol–water partition coefficient (Wildman–Crippen LogP) is 2.55. The number of nitrogens with one attached hydrogen (secondary N) is 1. The van der Waals surface area contributed by atoms with Gasteiger partial charge in [0.1, 0.15) is 5.69 Å². The number of aromatic nitrogens is 3. The van der Waals surface area contributed by atoms with Crippen LogP contribution in [0.3, 0.4) is 0 Å². The molecule has 0 bridgehead atoms. The van der Waals surface area contributed by atoms with Crippen molar-refractivity contribution in [3.63, 3.8) is 0 Å². The Hall–Kier alpha value is -2.01. The van der Waals surface area contributed by atoms with E-state index in [4.69, 9.17) is 4.74 Å². The van der Waals surface area contributed by atoms with Gasteiger partial charge in [-0.2, -0.15) is 0 Å². The molecule has 1 unspecified atom stereocenters. The second kappa shape index (κ2) is 8.32. The van der Waals surface area contributed by atoms with Crippen molar-refractivity contribution in [2.24, 2.45) is 0 Å². The Labute approximate surface area is 125 Å². The molecule has 0 aliphatic heterocycles. The number of methoxy groups -OCH3 is 1. The van der Waals surface area contributed by atoms with Gasteiger partial charge in [-0.05, 0) is 37.9 Å². The molecular formula is C16H22N4O. The van der Waals surface area contributed by atoms with Crippen molar-refractivity contribution >= 4 is 0 Å². The molecule has 112 valence electrons. The highest BCUT2D eigenvalue weighted by Gasteiger charge is 2.18. The fraction of sp³-hybridized carbons (Fsp3) is 0.438. The van der Waals surface area contributed by atoms with Gasteiger partial charge in [0.2, 0.25) is 5.88 Å². The van der Waals surface area contributed by atoms with E-state index >= 15 is 0 Å². The van der Waals surface area contributed by atoms with Gasteiger partial charge < -0.3 is 10.1 Å². The Morgan fingerprint density at radius 1 is 1.14 bits per heavy atom. The Balaban J connectivity index is 2.10. The lowest BCUT2D eigenvalue weighted by Crippen LogP contribution is -2.24. The number of pyridine rings is 1. The summed E-state index contributed by atoms with van der Waals surface area (Å²) in [5.74, 6) is 0.590. The molecule has 0 amide bonds. The first kappa shape index (κ1) is 15.4. The molecule has 0 saturated heterocycles. The first-order valence-corrected chi connectivity index (χ1v) is 7.33. The number of nitrogens with zero attached hydrogens (tertiary/aromatic N) is 3. The van der Waals surface area contributed by atoms with Crippen LogP contribution < -0.4 is 10.1 Å². The van der Waals surface area contributed by atoms with E-state index in [-0.39, 0.29) is 6.04 Å². The monoisotopic (exact) mass is 286 g/mol. The summed E-state index contributed by atoms with van der Waals surface area (Å²) in [5, 5.41) is 3.52. The van der Waals surface area contributed by atoms with Gasteiger partial charge in [-0.3, -0.25) is 9.97 Å². The second-order valence-corrected chi connectivity index (χ2v) is 4.82. The molecule has 0 fully saturated rings. The van der Waals surface area contributed by atoms with Crippen LogP contribution in [0, 0.1) is 0 Å². The molecule has 2 heterocycles. The van der Waals surface area contributed by atoms with Crippen molar-refractivity contribution in [3.8, 4) is 5.88 Å². The molecule has 1 atom stereocenters. The second-order valence-electron chi connectivity index (χ2n) is 4.82. The van der Waals surface area contributed by atoms with Crippen LogP contribution in [-0.4, -0.2) is 28.6 Å². The molecule has 2 aromatic rings. The summed E-state index contributed by atoms with van der Waals surface area (Å²) in [6.45, 7) is 3.09. The fourth-order valence-electron chi connectivity index (χ4n) is 2.22. The number of hydrogen-bond donors (Lipinski definition) is 1. The maximum absolute atomic E-state index is 5.33. The molecule has 0 aliphatic rings. The minimum atomic E-state index is 0.121. The summed E-state index contributed by atoms with van der Waals surface area (Å²) in [4.78, 5) is 13.1. The lowest BCUT2D eigenvalue weighted by Gasteiger charge is -2.19. The third kappa shape index (κ3) is 4.49. The Kier molecular flexibility index (Phi) is 6.09. The first-order chi connectivity index (χ1) is 10.3. The van der Waals surface area contributed by atoms with E-state index in [9.17, 15) is 0 Å². The smallest absolute Gasteiger partial charge is 0.236 e. The van der Waals surface area contributed by atoms with Gasteiger partial charge >= 0.3 is 0 Å². The van der Waals surface area contributed by atoms with Crippen LogP contribution >= 0.6 is 0 Å². The summed E-state index contributed by atoms with van der Waals surface area (Å²) < 4.78 is 5.33. The lowest BCUT2D eigenvalue weighted by molar-refractivity contribution is 0.372. The highest BCUT2D eigenvalue weighted by molar-refractivity contribution is 5.21. The van der Waals surface area contributed by atoms with Crippen molar-refractivity contribution in [1.29, 1.82) is 0 Å². The highest BCUT2D eigenvalue weighted by Crippen LogP contribution is 2.23. The first-order valence-electron chi connectivity index (χ1n) is 7.33. The summed E-state index contributed by atoms with van der Waals surface area (Å²) in [6.07, 6.45) is 8.06. The largest absolute Gasteiger partial charge is 0.480 e. The van der Waals surface area contributed by atoms with E-state index in [1.54, 1.807) is 19.5 Å². The number of hydrogen-bond acceptors (Lipinski definition) is 5. The average molecular weight is 286 g/mol. The van der Waals surface area contributed by atoms with Crippen LogP contribution in [0.5, 0.6) is 5.88 Å². The molecular weight excluding hydrogens is 264 g/mol. The van der Waals surface area contributed by atoms with Crippen LogP contribution in [0.15, 0.2) is 36.8 Å². The van der Waals surface area contributed by atoms with Crippen LogP contribution in [0.1, 0.15) is 37.2 Å². The van der Waals surface area contributed by atoms with Crippen LogP contribution in [0.25, 0.3) is 0 Å². The van der Waals surface area contributed by atoms with Gasteiger partial charge in [0.15, 0.2) is 0 Å². The van der Waals surface area contributed by atoms with E-state index in [0.29, 0.717) is 5.88 Å². The number of aryl methyl sites for hydroxylation is 1. The third-order valence-electron chi connectivity index (χ3n) is 3.27. The molecule has 0 spiro atoms. The standard InChI is InChI=1S/C16H22N4O/c1-3-9-18-14(8-7-13-6-4-5-10-17-13)15-16(21-2)20-12-11-19-15/h4-6,10-12,14,18H,3,7-9H2,1-2H3. The third-order valence-corrected chi connectivity index (χ3v) is 3.27. The van der Waals surface area contributed by atoms with Gasteiger partial charge in [-0.1, -0.05) is 13.0 Å². The molecule has 0 aliphatic carbocycles. The number of rotatable bonds is 8. The van der Waals surface area contributed by atoms with Crippen molar-refractivity contribution in [2.75, 3.05) is 13.7 Å². The average Bonchev–Trinajstić information content (AvgIpc) is 2.56. The van der Waals surface area contributed by atoms with E-state index in [2.05, 4.69) is 27.2 Å². The Bertz CT molecular complexity index is 533. The zero-order chi connectivity index (χ0) is 14.9. The molecule has 0 aromatic carbocycles. The SMILES string of the molecule is CCCNC(CCc1ccccn1)c1nccnc1OC. The maximum atomic E-state index is 5.33. The summed E-state index contributed by atoms with van der Waals surface area (Å²) in [7, 11) is 1.63. The number of ether oxygens (including phenoxy) is 1. The summed E-state index contributed by atoms with van der Waals surface area (Å²) >= 11 is 0. The van der Waals surface area contributed by atoms with Crippen LogP contribution in [0.2, 0.25) is 0 Å². The molecule has 2 aromatic heterocycles. The summed E-state index contributed by atoms with van der Waals surface area (Å²) in [6, 6.07) is 6.11. The quantitative estimate of drug-likeness (QED) is 0.808. The van der Waals surface area contributed by atoms with Crippen molar-refractivity contribution in [2.45, 2.75) is 32.2 Å². The van der Waals surface area contributed by atoms with Gasteiger partial charge in [0.05, 0.1) is 13.2 Å². The Morgan fingerprint density at radius 3 is 2.71 bits per heavy atom. The minimum Gasteiger partial charge on any atom is -0.480 e. The zero-order valence-electron chi connectivity index (χ0n) is 12.6. The molecule has 21 heavy (non-hydrogen) atoms. The fourth-order valence-corrected chi connectivity index (χ4v) is 2.22. The Morgan fingerprint density at radius 2 is 2.00 bits per heavy atom. The summed E-state index contributed by atoms with van der Waals surface area (Å²) in [5.41, 5.74) is 1.95. The van der Waals surface area contributed by atoms with Crippen molar-refractivity contribution in [3.05, 3.63) is 48.2 Å². The molecule has 0 radical (unpaired) electrons. The van der Waals surface area contributed by atoms with E-state index in [1.807, 2.05) is 24.4 Å². The van der Waals surface area contributed by atoms with E-state index in [1.165, 1.54) is 0 Å². The predicted molar refractivity (Wildman–Crippen MR) is 82.2 cm³/mol. The van der Waals surface area contributed by atoms with Crippen molar-refractivity contribution < 1.29 is 4.74 Å². The molecule has 5 nitrogen and oxygen atoms in total. The van der Waals surface area contributed by atoms with Crippen LogP contribution in [0.4, 0.5) is 0 Å². The molecule has 0 saturated carbocycles. The van der Waals surface area contributed by atoms with Gasteiger partial charge in [0.25, 0.3) is 0 Å². The molecule has 2 rings (SSSR count). The van der Waals surface area contributed by atoms with E-state index < -0.39 is 0 Å². The highest BCUT2D eigenvalue weighted by atomic mass is 16.5. The van der Waals surface area contributed by atoms with Crippen molar-refractivity contribution in [1.82, 2.24) is 20.3 Å².